The number of unbranched alkanes of at least 4 members (excludes halogenated alkanes) is 4. The van der Waals surface area contributed by atoms with Gasteiger partial charge < -0.3 is 14.2 Å². The van der Waals surface area contributed by atoms with Crippen LogP contribution in [0, 0.1) is 10.7 Å². The molecule has 0 amide bonds. The Morgan fingerprint density at radius 3 is 1.71 bits per heavy atom. The van der Waals surface area contributed by atoms with Gasteiger partial charge in [0.2, 0.25) is 0 Å². The van der Waals surface area contributed by atoms with Crippen LogP contribution in [0.3, 0.4) is 0 Å². The lowest BCUT2D eigenvalue weighted by Gasteiger charge is -2.08. The van der Waals surface area contributed by atoms with Crippen LogP contribution in [0.5, 0.6) is 17.2 Å². The van der Waals surface area contributed by atoms with Gasteiger partial charge in [-0.2, -0.15) is 5.26 Å². The van der Waals surface area contributed by atoms with E-state index in [1.165, 1.54) is 43.5 Å². The summed E-state index contributed by atoms with van der Waals surface area (Å²) < 4.78 is 16.5. The average molecular weight is 490 g/mol. The van der Waals surface area contributed by atoms with Crippen molar-refractivity contribution in [1.82, 2.24) is 0 Å². The fraction of sp³-hybridized carbons (Fsp3) is 0.250. The summed E-state index contributed by atoms with van der Waals surface area (Å²) in [5.41, 5.74) is 0.721. The zero-order valence-electron chi connectivity index (χ0n) is 19.6. The first-order chi connectivity index (χ1) is 17.1. The molecule has 0 heterocycles. The summed E-state index contributed by atoms with van der Waals surface area (Å²) in [6.07, 6.45) is 5.87. The highest BCUT2D eigenvalue weighted by Gasteiger charge is 2.12. The maximum atomic E-state index is 12.4. The second-order valence-corrected chi connectivity index (χ2v) is 8.61. The van der Waals surface area contributed by atoms with Crippen molar-refractivity contribution < 1.29 is 23.8 Å². The molecule has 3 rings (SSSR count). The number of carbonyl (C=O) groups is 2. The second-order valence-electron chi connectivity index (χ2n) is 7.76. The highest BCUT2D eigenvalue weighted by molar-refractivity contribution is 8.03. The van der Waals surface area contributed by atoms with E-state index in [4.69, 9.17) is 19.5 Å². The highest BCUT2D eigenvalue weighted by atomic mass is 32.2. The molecule has 3 aromatic rings. The molecular weight excluding hydrogens is 462 g/mol. The molecule has 0 radical (unpaired) electrons. The molecule has 0 spiro atoms. The van der Waals surface area contributed by atoms with Crippen LogP contribution in [0.2, 0.25) is 0 Å². The van der Waals surface area contributed by atoms with E-state index >= 15 is 0 Å². The van der Waals surface area contributed by atoms with Crippen LogP contribution >= 0.6 is 11.8 Å². The van der Waals surface area contributed by atoms with Crippen molar-refractivity contribution in [3.05, 3.63) is 83.9 Å². The first-order valence-electron chi connectivity index (χ1n) is 11.5. The maximum Gasteiger partial charge on any atom is 0.343 e. The first-order valence-corrected chi connectivity index (χ1v) is 12.3. The third-order valence-corrected chi connectivity index (χ3v) is 5.70. The normalized spacial score (nSPS) is 10.3. The Hall–Kier alpha value is -3.76. The van der Waals surface area contributed by atoms with Crippen molar-refractivity contribution in [2.75, 3.05) is 6.61 Å². The number of benzene rings is 3. The smallest absolute Gasteiger partial charge is 0.343 e. The predicted molar refractivity (Wildman–Crippen MR) is 135 cm³/mol. The number of esters is 2. The summed E-state index contributed by atoms with van der Waals surface area (Å²) in [6, 6.07) is 19.6. The van der Waals surface area contributed by atoms with Gasteiger partial charge in [0.1, 0.15) is 22.6 Å². The zero-order valence-corrected chi connectivity index (χ0v) is 20.4. The van der Waals surface area contributed by atoms with Crippen LogP contribution in [0.15, 0.2) is 77.7 Å². The standard InChI is InChI=1S/C28H27NO5S/c1-2-3-4-5-6-19-32-23-11-7-21(8-12-23)27(30)33-24-13-9-22(10-14-24)28(31)34-25-15-17-26(18-16-25)35-20-29/h7-18H,2-6,19H2,1H3. The number of hydrogen-bond donors (Lipinski definition) is 0. The van der Waals surface area contributed by atoms with E-state index in [0.29, 0.717) is 29.2 Å². The molecule has 0 N–H and O–H groups in total. The molecule has 0 aliphatic rings. The Kier molecular flexibility index (Phi) is 10.2. The Morgan fingerprint density at radius 1 is 0.714 bits per heavy atom. The molecule has 0 fully saturated rings. The molecule has 0 bridgehead atoms. The van der Waals surface area contributed by atoms with E-state index in [0.717, 1.165) is 35.2 Å². The van der Waals surface area contributed by atoms with Crippen molar-refractivity contribution in [3.8, 4) is 22.6 Å². The first kappa shape index (κ1) is 25.9. The molecule has 35 heavy (non-hydrogen) atoms. The Morgan fingerprint density at radius 2 is 1.20 bits per heavy atom. The van der Waals surface area contributed by atoms with Gasteiger partial charge in [-0.1, -0.05) is 32.6 Å². The van der Waals surface area contributed by atoms with Gasteiger partial charge in [-0.25, -0.2) is 9.59 Å². The number of nitriles is 1. The van der Waals surface area contributed by atoms with E-state index in [1.807, 2.05) is 5.40 Å². The van der Waals surface area contributed by atoms with Gasteiger partial charge in [0, 0.05) is 4.90 Å². The summed E-state index contributed by atoms with van der Waals surface area (Å²) in [5, 5.41) is 10.7. The molecule has 0 aromatic heterocycles. The summed E-state index contributed by atoms with van der Waals surface area (Å²) in [5.74, 6) is 0.373. The second kappa shape index (κ2) is 13.8. The molecule has 6 nitrogen and oxygen atoms in total. The lowest BCUT2D eigenvalue weighted by Crippen LogP contribution is -2.10. The number of nitrogens with zero attached hydrogens (tertiary/aromatic N) is 1. The number of ether oxygens (including phenoxy) is 3. The van der Waals surface area contributed by atoms with Crippen LogP contribution < -0.4 is 14.2 Å². The molecule has 0 atom stereocenters. The van der Waals surface area contributed by atoms with Crippen LogP contribution in [0.4, 0.5) is 0 Å². The SMILES string of the molecule is CCCCCCCOc1ccc(C(=O)Oc2ccc(C(=O)Oc3ccc(SC#N)cc3)cc2)cc1. The molecular formula is C28H27NO5S. The summed E-state index contributed by atoms with van der Waals surface area (Å²) >= 11 is 1.03. The van der Waals surface area contributed by atoms with Gasteiger partial charge in [0.05, 0.1) is 17.7 Å². The van der Waals surface area contributed by atoms with Crippen molar-refractivity contribution in [1.29, 1.82) is 5.26 Å². The molecule has 0 aliphatic carbocycles. The van der Waals surface area contributed by atoms with Gasteiger partial charge in [0.15, 0.2) is 0 Å². The summed E-state index contributed by atoms with van der Waals surface area (Å²) in [4.78, 5) is 25.6. The van der Waals surface area contributed by atoms with Crippen molar-refractivity contribution in [2.45, 2.75) is 43.9 Å². The number of thioether (sulfide) groups is 1. The quantitative estimate of drug-likeness (QED) is 0.0886. The maximum absolute atomic E-state index is 12.4. The predicted octanol–water partition coefficient (Wildman–Crippen LogP) is 7.05. The minimum atomic E-state index is -0.537. The fourth-order valence-electron chi connectivity index (χ4n) is 3.20. The molecule has 0 unspecified atom stereocenters. The topological polar surface area (TPSA) is 85.6 Å². The fourth-order valence-corrected chi connectivity index (χ4v) is 3.58. The van der Waals surface area contributed by atoms with Crippen molar-refractivity contribution in [2.24, 2.45) is 0 Å². The molecule has 180 valence electrons. The van der Waals surface area contributed by atoms with Gasteiger partial charge >= 0.3 is 11.9 Å². The van der Waals surface area contributed by atoms with Gasteiger partial charge in [-0.3, -0.25) is 0 Å². The molecule has 0 aliphatic heterocycles. The number of thiocyanates is 1. The van der Waals surface area contributed by atoms with E-state index in [9.17, 15) is 9.59 Å². The molecule has 0 saturated carbocycles. The monoisotopic (exact) mass is 489 g/mol. The lowest BCUT2D eigenvalue weighted by molar-refractivity contribution is 0.0730. The third-order valence-electron chi connectivity index (χ3n) is 5.10. The third kappa shape index (κ3) is 8.51. The van der Waals surface area contributed by atoms with Crippen molar-refractivity contribution >= 4 is 23.7 Å². The molecule has 3 aromatic carbocycles. The largest absolute Gasteiger partial charge is 0.494 e. The molecule has 7 heteroatoms. The van der Waals surface area contributed by atoms with Crippen LogP contribution in [0.25, 0.3) is 0 Å². The summed E-state index contributed by atoms with van der Waals surface area (Å²) in [6.45, 7) is 2.85. The zero-order chi connectivity index (χ0) is 24.9. The van der Waals surface area contributed by atoms with Gasteiger partial charge in [-0.05, 0) is 91.0 Å². The van der Waals surface area contributed by atoms with E-state index < -0.39 is 11.9 Å². The minimum Gasteiger partial charge on any atom is -0.494 e. The Balaban J connectivity index is 1.47. The number of hydrogen-bond acceptors (Lipinski definition) is 7. The van der Waals surface area contributed by atoms with Crippen molar-refractivity contribution in [3.63, 3.8) is 0 Å². The van der Waals surface area contributed by atoms with E-state index in [1.54, 1.807) is 48.5 Å². The lowest BCUT2D eigenvalue weighted by atomic mass is 10.2. The van der Waals surface area contributed by atoms with Gasteiger partial charge in [0.25, 0.3) is 0 Å². The van der Waals surface area contributed by atoms with E-state index in [-0.39, 0.29) is 0 Å². The van der Waals surface area contributed by atoms with Crippen LogP contribution in [-0.4, -0.2) is 18.5 Å². The average Bonchev–Trinajstić information content (AvgIpc) is 2.88. The highest BCUT2D eigenvalue weighted by Crippen LogP contribution is 2.22. The van der Waals surface area contributed by atoms with Crippen LogP contribution in [0.1, 0.15) is 59.7 Å². The number of rotatable bonds is 12. The van der Waals surface area contributed by atoms with Gasteiger partial charge in [-0.15, -0.1) is 0 Å². The van der Waals surface area contributed by atoms with Crippen LogP contribution in [-0.2, 0) is 0 Å². The minimum absolute atomic E-state index is 0.316. The summed E-state index contributed by atoms with van der Waals surface area (Å²) in [7, 11) is 0. The van der Waals surface area contributed by atoms with E-state index in [2.05, 4.69) is 6.92 Å². The Labute approximate surface area is 209 Å². The molecule has 0 saturated heterocycles. The number of carbonyl (C=O) groups excluding carboxylic acids is 2. The Bertz CT molecular complexity index is 1140.